The molecule has 0 fully saturated rings. The first-order chi connectivity index (χ1) is 9.20. The summed E-state index contributed by atoms with van der Waals surface area (Å²) in [6.45, 7) is 2.11. The molecule has 0 radical (unpaired) electrons. The van der Waals surface area contributed by atoms with Crippen LogP contribution >= 0.6 is 11.6 Å². The second-order valence-corrected chi connectivity index (χ2v) is 5.95. The Balaban J connectivity index is 2.26. The van der Waals surface area contributed by atoms with Gasteiger partial charge in [0.05, 0.1) is 6.04 Å². The normalized spacial score (nSPS) is 21.1. The second kappa shape index (κ2) is 7.12. The molecule has 1 nitrogen and oxygen atoms in total. The van der Waals surface area contributed by atoms with E-state index in [1.807, 2.05) is 13.1 Å². The van der Waals surface area contributed by atoms with Gasteiger partial charge >= 0.3 is 0 Å². The first-order valence-electron chi connectivity index (χ1n) is 7.34. The van der Waals surface area contributed by atoms with E-state index in [0.29, 0.717) is 6.04 Å². The molecule has 0 aromatic heterocycles. The van der Waals surface area contributed by atoms with Crippen LogP contribution in [-0.2, 0) is 0 Å². The van der Waals surface area contributed by atoms with Crippen LogP contribution in [0.3, 0.4) is 0 Å². The van der Waals surface area contributed by atoms with Gasteiger partial charge in [0.2, 0.25) is 0 Å². The number of benzene rings is 1. The maximum absolute atomic E-state index is 6.20. The number of hydrogen-bond donors (Lipinski definition) is 1. The van der Waals surface area contributed by atoms with Gasteiger partial charge in [0, 0.05) is 5.02 Å². The highest BCUT2D eigenvalue weighted by molar-refractivity contribution is 6.30. The summed E-state index contributed by atoms with van der Waals surface area (Å²) in [5, 5.41) is 4.30. The number of allylic oxidation sites excluding steroid dienone is 1. The van der Waals surface area contributed by atoms with Crippen molar-refractivity contribution in [1.29, 1.82) is 0 Å². The van der Waals surface area contributed by atoms with E-state index >= 15 is 0 Å². The van der Waals surface area contributed by atoms with Gasteiger partial charge in [-0.1, -0.05) is 42.2 Å². The summed E-state index contributed by atoms with van der Waals surface area (Å²) in [6, 6.07) is 6.67. The Bertz CT molecular complexity index is 430. The minimum absolute atomic E-state index is 0.315. The van der Waals surface area contributed by atoms with Crippen LogP contribution in [0.1, 0.15) is 55.7 Å². The monoisotopic (exact) mass is 277 g/mol. The summed E-state index contributed by atoms with van der Waals surface area (Å²) in [5.41, 5.74) is 4.05. The molecule has 0 spiro atoms. The topological polar surface area (TPSA) is 12.0 Å². The van der Waals surface area contributed by atoms with Gasteiger partial charge in [-0.3, -0.25) is 0 Å². The summed E-state index contributed by atoms with van der Waals surface area (Å²) in [7, 11) is 2.04. The number of rotatable bonds is 3. The fraction of sp³-hybridized carbons (Fsp3) is 0.529. The molecule has 0 saturated heterocycles. The van der Waals surface area contributed by atoms with Crippen molar-refractivity contribution in [3.63, 3.8) is 0 Å². The van der Waals surface area contributed by atoms with E-state index in [1.54, 1.807) is 0 Å². The smallest absolute Gasteiger partial charge is 0.0534 e. The van der Waals surface area contributed by atoms with E-state index in [2.05, 4.69) is 30.4 Å². The van der Waals surface area contributed by atoms with Crippen LogP contribution in [0.4, 0.5) is 0 Å². The van der Waals surface area contributed by atoms with Gasteiger partial charge in [0.25, 0.3) is 0 Å². The summed E-state index contributed by atoms with van der Waals surface area (Å²) in [5.74, 6) is 0. The Morgan fingerprint density at radius 2 is 1.89 bits per heavy atom. The summed E-state index contributed by atoms with van der Waals surface area (Å²) >= 11 is 6.20. The molecular formula is C17H24ClN. The molecule has 1 aliphatic carbocycles. The number of nitrogens with one attached hydrogen (secondary N) is 1. The third-order valence-corrected chi connectivity index (χ3v) is 4.10. The van der Waals surface area contributed by atoms with Crippen molar-refractivity contribution >= 4 is 11.6 Å². The zero-order valence-electron chi connectivity index (χ0n) is 12.0. The number of likely N-dealkylation sites (N-methyl/N-ethyl adjacent to an activating group) is 1. The van der Waals surface area contributed by atoms with E-state index in [-0.39, 0.29) is 0 Å². The first-order valence-corrected chi connectivity index (χ1v) is 7.72. The van der Waals surface area contributed by atoms with Crippen LogP contribution in [0.5, 0.6) is 0 Å². The van der Waals surface area contributed by atoms with Crippen LogP contribution in [-0.4, -0.2) is 7.05 Å². The van der Waals surface area contributed by atoms with E-state index in [0.717, 1.165) is 5.02 Å². The molecule has 0 bridgehead atoms. The number of halogens is 1. The molecule has 1 atom stereocenters. The van der Waals surface area contributed by atoms with E-state index in [4.69, 9.17) is 11.6 Å². The standard InChI is InChI=1S/C17H24ClN/c1-13-10-15(12-16(18)11-13)17(19-2)14-8-6-4-3-5-7-9-14/h8,10-12,17,19H,3-7,9H2,1-2H3/b14-8+. The van der Waals surface area contributed by atoms with Crippen LogP contribution in [0.2, 0.25) is 5.02 Å². The molecule has 104 valence electrons. The van der Waals surface area contributed by atoms with Gasteiger partial charge in [0.15, 0.2) is 0 Å². The Hall–Kier alpha value is -0.790. The van der Waals surface area contributed by atoms with E-state index < -0.39 is 0 Å². The number of hydrogen-bond acceptors (Lipinski definition) is 1. The van der Waals surface area contributed by atoms with Crippen LogP contribution in [0.15, 0.2) is 29.8 Å². The van der Waals surface area contributed by atoms with Gasteiger partial charge in [0.1, 0.15) is 0 Å². The van der Waals surface area contributed by atoms with Crippen molar-refractivity contribution in [2.45, 2.75) is 51.5 Å². The highest BCUT2D eigenvalue weighted by atomic mass is 35.5. The number of aryl methyl sites for hydroxylation is 1. The third-order valence-electron chi connectivity index (χ3n) is 3.88. The van der Waals surface area contributed by atoms with Crippen LogP contribution < -0.4 is 5.32 Å². The van der Waals surface area contributed by atoms with Gasteiger partial charge in [-0.25, -0.2) is 0 Å². The van der Waals surface area contributed by atoms with Crippen molar-refractivity contribution in [3.8, 4) is 0 Å². The fourth-order valence-electron chi connectivity index (χ4n) is 2.98. The Morgan fingerprint density at radius 1 is 1.11 bits per heavy atom. The summed E-state index contributed by atoms with van der Waals surface area (Å²) in [6.07, 6.45) is 10.2. The van der Waals surface area contributed by atoms with Crippen LogP contribution in [0.25, 0.3) is 0 Å². The highest BCUT2D eigenvalue weighted by Gasteiger charge is 2.16. The quantitative estimate of drug-likeness (QED) is 0.750. The summed E-state index contributed by atoms with van der Waals surface area (Å²) in [4.78, 5) is 0. The predicted octanol–water partition coefficient (Wildman–Crippen LogP) is 5.19. The van der Waals surface area contributed by atoms with Gasteiger partial charge in [-0.15, -0.1) is 0 Å². The average molecular weight is 278 g/mol. The van der Waals surface area contributed by atoms with Crippen molar-refractivity contribution in [2.24, 2.45) is 0 Å². The zero-order chi connectivity index (χ0) is 13.7. The molecule has 19 heavy (non-hydrogen) atoms. The Kier molecular flexibility index (Phi) is 5.47. The third kappa shape index (κ3) is 4.09. The molecule has 0 heterocycles. The minimum atomic E-state index is 0.315. The maximum atomic E-state index is 6.20. The molecule has 1 aromatic rings. The lowest BCUT2D eigenvalue weighted by molar-refractivity contribution is 0.574. The highest BCUT2D eigenvalue weighted by Crippen LogP contribution is 2.30. The lowest BCUT2D eigenvalue weighted by Gasteiger charge is -2.23. The Morgan fingerprint density at radius 3 is 2.63 bits per heavy atom. The largest absolute Gasteiger partial charge is 0.310 e. The molecule has 1 N–H and O–H groups in total. The molecule has 0 aliphatic heterocycles. The average Bonchev–Trinajstić information content (AvgIpc) is 2.31. The predicted molar refractivity (Wildman–Crippen MR) is 83.8 cm³/mol. The maximum Gasteiger partial charge on any atom is 0.0534 e. The minimum Gasteiger partial charge on any atom is -0.310 e. The molecule has 1 aromatic carbocycles. The SMILES string of the molecule is CNC(/C1=C/CCCCCC1)c1cc(C)cc(Cl)c1. The molecule has 2 heteroatoms. The van der Waals surface area contributed by atoms with Gasteiger partial charge < -0.3 is 5.32 Å². The second-order valence-electron chi connectivity index (χ2n) is 5.52. The lowest BCUT2D eigenvalue weighted by atomic mass is 9.90. The van der Waals surface area contributed by atoms with Crippen molar-refractivity contribution in [1.82, 2.24) is 5.32 Å². The fourth-order valence-corrected chi connectivity index (χ4v) is 3.27. The van der Waals surface area contributed by atoms with Crippen molar-refractivity contribution in [3.05, 3.63) is 46.0 Å². The molecule has 0 amide bonds. The van der Waals surface area contributed by atoms with Crippen LogP contribution in [0, 0.1) is 6.92 Å². The molecule has 0 saturated carbocycles. The van der Waals surface area contributed by atoms with Crippen molar-refractivity contribution in [2.75, 3.05) is 7.05 Å². The van der Waals surface area contributed by atoms with E-state index in [1.165, 1.54) is 55.2 Å². The molecule has 1 unspecified atom stereocenters. The molecule has 1 aliphatic rings. The lowest BCUT2D eigenvalue weighted by Crippen LogP contribution is -2.19. The van der Waals surface area contributed by atoms with Gasteiger partial charge in [-0.2, -0.15) is 0 Å². The Labute approximate surface area is 122 Å². The van der Waals surface area contributed by atoms with E-state index in [9.17, 15) is 0 Å². The molecule has 2 rings (SSSR count). The first kappa shape index (κ1) is 14.6. The zero-order valence-corrected chi connectivity index (χ0v) is 12.8. The van der Waals surface area contributed by atoms with Crippen molar-refractivity contribution < 1.29 is 0 Å². The van der Waals surface area contributed by atoms with Gasteiger partial charge in [-0.05, 0) is 62.9 Å². The summed E-state index contributed by atoms with van der Waals surface area (Å²) < 4.78 is 0. The molecular weight excluding hydrogens is 254 g/mol.